The lowest BCUT2D eigenvalue weighted by Gasteiger charge is -2.11. The van der Waals surface area contributed by atoms with Crippen LogP contribution in [0.3, 0.4) is 0 Å². The van der Waals surface area contributed by atoms with E-state index in [0.717, 1.165) is 44.3 Å². The number of aryl methyl sites for hydroxylation is 1. The summed E-state index contributed by atoms with van der Waals surface area (Å²) in [6.45, 7) is 10.1. The van der Waals surface area contributed by atoms with Crippen LogP contribution in [0.1, 0.15) is 80.7 Å². The van der Waals surface area contributed by atoms with Gasteiger partial charge in [-0.15, -0.1) is 0 Å². The van der Waals surface area contributed by atoms with Gasteiger partial charge in [0.25, 0.3) is 0 Å². The fraction of sp³-hybridized carbons (Fsp3) is 0.261. The molecule has 4 rings (SSSR count). The van der Waals surface area contributed by atoms with Crippen molar-refractivity contribution in [1.82, 2.24) is 0 Å². The summed E-state index contributed by atoms with van der Waals surface area (Å²) < 4.78 is 37.5. The van der Waals surface area contributed by atoms with Crippen LogP contribution in [-0.4, -0.2) is 69.6 Å². The van der Waals surface area contributed by atoms with Gasteiger partial charge in [-0.1, -0.05) is 13.2 Å². The van der Waals surface area contributed by atoms with Gasteiger partial charge in [-0.3, -0.25) is 4.99 Å². The number of rotatable bonds is 23. The van der Waals surface area contributed by atoms with E-state index in [9.17, 15) is 24.0 Å². The standard InChI is InChI=1S/C46H47NO12/c1-5-42(48)56-27-11-7-9-25-54-37-19-14-34(15-20-37)44(50)58-40-24-18-36(29-32(40)3)47-31-33-13-23-41(39(30-33)46(52)53-4)59-45(51)35-16-21-38(22-17-35)55-26-10-8-12-28-57-43(49)6-2/h5-6,13-24,29-31H,1-2,7-12,25-28H2,3-4H3/b47-31+. The molecule has 0 N–H and O–H groups in total. The maximum atomic E-state index is 13.0. The Balaban J connectivity index is 1.27. The summed E-state index contributed by atoms with van der Waals surface area (Å²) >= 11 is 0. The van der Waals surface area contributed by atoms with E-state index in [-0.39, 0.29) is 16.9 Å². The lowest BCUT2D eigenvalue weighted by atomic mass is 10.1. The number of aliphatic imine (C=N–C) groups is 1. The highest BCUT2D eigenvalue weighted by atomic mass is 16.6. The summed E-state index contributed by atoms with van der Waals surface area (Å²) in [5.41, 5.74) is 2.41. The fourth-order valence-corrected chi connectivity index (χ4v) is 5.26. The quantitative estimate of drug-likeness (QED) is 0.0176. The first-order chi connectivity index (χ1) is 28.6. The van der Waals surface area contributed by atoms with Crippen LogP contribution in [0.25, 0.3) is 0 Å². The molecule has 13 heteroatoms. The molecule has 4 aromatic carbocycles. The Hall–Kier alpha value is -7.02. The molecule has 59 heavy (non-hydrogen) atoms. The highest BCUT2D eigenvalue weighted by Gasteiger charge is 2.18. The molecular formula is C46H47NO12. The molecule has 0 aliphatic carbocycles. The van der Waals surface area contributed by atoms with Crippen LogP contribution in [0.4, 0.5) is 5.69 Å². The van der Waals surface area contributed by atoms with Gasteiger partial charge in [-0.05, 0) is 142 Å². The van der Waals surface area contributed by atoms with E-state index < -0.39 is 29.8 Å². The van der Waals surface area contributed by atoms with Gasteiger partial charge in [0.1, 0.15) is 28.6 Å². The predicted molar refractivity (Wildman–Crippen MR) is 220 cm³/mol. The number of methoxy groups -OCH3 is 1. The minimum Gasteiger partial charge on any atom is -0.494 e. The van der Waals surface area contributed by atoms with Gasteiger partial charge in [0.05, 0.1) is 50.4 Å². The lowest BCUT2D eigenvalue weighted by Crippen LogP contribution is -2.12. The first kappa shape index (κ1) is 44.7. The molecule has 0 bridgehead atoms. The molecule has 0 saturated heterocycles. The molecule has 0 amide bonds. The van der Waals surface area contributed by atoms with E-state index >= 15 is 0 Å². The molecule has 0 aliphatic rings. The van der Waals surface area contributed by atoms with Crippen molar-refractivity contribution in [2.45, 2.75) is 45.4 Å². The third-order valence-corrected chi connectivity index (χ3v) is 8.45. The molecule has 13 nitrogen and oxygen atoms in total. The molecule has 0 spiro atoms. The molecule has 308 valence electrons. The second-order valence-corrected chi connectivity index (χ2v) is 12.8. The smallest absolute Gasteiger partial charge is 0.343 e. The van der Waals surface area contributed by atoms with E-state index in [4.69, 9.17) is 33.2 Å². The average molecular weight is 806 g/mol. The zero-order valence-electron chi connectivity index (χ0n) is 33.1. The second kappa shape index (κ2) is 23.9. The summed E-state index contributed by atoms with van der Waals surface area (Å²) in [5.74, 6) is -1.21. The molecule has 0 atom stereocenters. The van der Waals surface area contributed by atoms with Crippen molar-refractivity contribution >= 4 is 41.7 Å². The maximum absolute atomic E-state index is 13.0. The monoisotopic (exact) mass is 805 g/mol. The van der Waals surface area contributed by atoms with Crippen LogP contribution in [0.2, 0.25) is 0 Å². The van der Waals surface area contributed by atoms with Crippen LogP contribution in [0.5, 0.6) is 23.0 Å². The van der Waals surface area contributed by atoms with E-state index in [1.165, 1.54) is 19.2 Å². The second-order valence-electron chi connectivity index (χ2n) is 12.8. The molecular weight excluding hydrogens is 759 g/mol. The number of ether oxygens (including phenoxy) is 7. The Kier molecular flexibility index (Phi) is 18.1. The van der Waals surface area contributed by atoms with Crippen molar-refractivity contribution in [2.24, 2.45) is 4.99 Å². The highest BCUT2D eigenvalue weighted by Crippen LogP contribution is 2.27. The van der Waals surface area contributed by atoms with Gasteiger partial charge in [0.2, 0.25) is 0 Å². The van der Waals surface area contributed by atoms with Crippen molar-refractivity contribution in [1.29, 1.82) is 0 Å². The summed E-state index contributed by atoms with van der Waals surface area (Å²) in [7, 11) is 1.23. The molecule has 0 unspecified atom stereocenters. The Bertz CT molecular complexity index is 2110. The van der Waals surface area contributed by atoms with E-state index in [2.05, 4.69) is 18.2 Å². The number of esters is 5. The van der Waals surface area contributed by atoms with Crippen molar-refractivity contribution in [3.63, 3.8) is 0 Å². The Labute approximate surface area is 343 Å². The maximum Gasteiger partial charge on any atom is 0.343 e. The van der Waals surface area contributed by atoms with Crippen LogP contribution >= 0.6 is 0 Å². The number of unbranched alkanes of at least 4 members (excludes halogenated alkanes) is 4. The fourth-order valence-electron chi connectivity index (χ4n) is 5.26. The Morgan fingerprint density at radius 3 is 1.56 bits per heavy atom. The van der Waals surface area contributed by atoms with Gasteiger partial charge >= 0.3 is 29.8 Å². The van der Waals surface area contributed by atoms with Gasteiger partial charge in [-0.2, -0.15) is 0 Å². The number of carbonyl (C=O) groups excluding carboxylic acids is 5. The van der Waals surface area contributed by atoms with Crippen LogP contribution in [0, 0.1) is 6.92 Å². The number of hydrogen-bond donors (Lipinski definition) is 0. The van der Waals surface area contributed by atoms with Crippen LogP contribution in [-0.2, 0) is 23.8 Å². The number of benzene rings is 4. The van der Waals surface area contributed by atoms with Crippen molar-refractivity contribution in [2.75, 3.05) is 33.5 Å². The topological polar surface area (TPSA) is 162 Å². The summed E-state index contributed by atoms with van der Waals surface area (Å²) in [6.07, 6.45) is 8.43. The van der Waals surface area contributed by atoms with E-state index in [1.807, 2.05) is 0 Å². The molecule has 0 fully saturated rings. The number of carbonyl (C=O) groups is 5. The average Bonchev–Trinajstić information content (AvgIpc) is 3.25. The highest BCUT2D eigenvalue weighted by molar-refractivity contribution is 5.98. The van der Waals surface area contributed by atoms with Gasteiger partial charge in [-0.25, -0.2) is 24.0 Å². The number of hydrogen-bond acceptors (Lipinski definition) is 13. The van der Waals surface area contributed by atoms with E-state index in [1.54, 1.807) is 85.9 Å². The Morgan fingerprint density at radius 1 is 0.576 bits per heavy atom. The molecule has 0 radical (unpaired) electrons. The summed E-state index contributed by atoms with van der Waals surface area (Å²) in [4.78, 5) is 65.2. The predicted octanol–water partition coefficient (Wildman–Crippen LogP) is 8.53. The Morgan fingerprint density at radius 2 is 1.07 bits per heavy atom. The first-order valence-corrected chi connectivity index (χ1v) is 19.0. The van der Waals surface area contributed by atoms with Crippen LogP contribution < -0.4 is 18.9 Å². The minimum atomic E-state index is -0.702. The molecule has 4 aromatic rings. The number of nitrogens with zero attached hydrogens (tertiary/aromatic N) is 1. The van der Waals surface area contributed by atoms with Crippen molar-refractivity contribution < 1.29 is 57.1 Å². The summed E-state index contributed by atoms with van der Waals surface area (Å²) in [6, 6.07) is 22.8. The van der Waals surface area contributed by atoms with Gasteiger partial charge < -0.3 is 33.2 Å². The van der Waals surface area contributed by atoms with E-state index in [0.29, 0.717) is 72.5 Å². The normalized spacial score (nSPS) is 10.6. The van der Waals surface area contributed by atoms with Crippen LogP contribution in [0.15, 0.2) is 115 Å². The lowest BCUT2D eigenvalue weighted by molar-refractivity contribution is -0.138. The first-order valence-electron chi connectivity index (χ1n) is 19.0. The summed E-state index contributed by atoms with van der Waals surface area (Å²) in [5, 5.41) is 0. The SMILES string of the molecule is C=CC(=O)OCCCCCOc1ccc(C(=O)Oc2ccc(/N=C/c3ccc(OC(=O)c4ccc(OCCCCCOC(=O)C=C)cc4)c(C(=O)OC)c3)cc2C)cc1. The molecule has 0 aromatic heterocycles. The zero-order chi connectivity index (χ0) is 42.4. The molecule has 0 heterocycles. The third kappa shape index (κ3) is 15.1. The van der Waals surface area contributed by atoms with Crippen molar-refractivity contribution in [3.05, 3.63) is 138 Å². The van der Waals surface area contributed by atoms with Crippen molar-refractivity contribution in [3.8, 4) is 23.0 Å². The molecule has 0 aliphatic heterocycles. The largest absolute Gasteiger partial charge is 0.494 e. The third-order valence-electron chi connectivity index (χ3n) is 8.45. The van der Waals surface area contributed by atoms with Gasteiger partial charge in [0.15, 0.2) is 0 Å². The molecule has 0 saturated carbocycles. The minimum absolute atomic E-state index is 0.0136. The van der Waals surface area contributed by atoms with Gasteiger partial charge in [0, 0.05) is 18.4 Å². The zero-order valence-corrected chi connectivity index (χ0v) is 33.1.